The van der Waals surface area contributed by atoms with Crippen LogP contribution in [0.4, 0.5) is 5.69 Å². The third-order valence-corrected chi connectivity index (χ3v) is 9.07. The number of allylic oxidation sites excluding steroid dienone is 4. The van der Waals surface area contributed by atoms with E-state index in [2.05, 4.69) is 62.0 Å². The Labute approximate surface area is 197 Å². The van der Waals surface area contributed by atoms with E-state index in [4.69, 9.17) is 0 Å². The fourth-order valence-electron chi connectivity index (χ4n) is 7.36. The molecule has 1 aromatic carbocycles. The first-order valence-electron chi connectivity index (χ1n) is 12.3. The van der Waals surface area contributed by atoms with Gasteiger partial charge in [0.15, 0.2) is 5.78 Å². The number of aliphatic hydroxyl groups is 2. The Morgan fingerprint density at radius 3 is 2.58 bits per heavy atom. The lowest BCUT2D eigenvalue weighted by molar-refractivity contribution is -0.114. The van der Waals surface area contributed by atoms with Crippen LogP contribution >= 0.6 is 0 Å². The summed E-state index contributed by atoms with van der Waals surface area (Å²) in [6, 6.07) is 8.85. The predicted octanol–water partition coefficient (Wildman–Crippen LogP) is 4.38. The molecule has 5 rings (SSSR count). The average molecular weight is 446 g/mol. The van der Waals surface area contributed by atoms with E-state index >= 15 is 0 Å². The number of carbonyl (C=O) groups excluding carboxylic acids is 1. The lowest BCUT2D eigenvalue weighted by Crippen LogP contribution is -2.51. The highest BCUT2D eigenvalue weighted by molar-refractivity contribution is 5.93. The van der Waals surface area contributed by atoms with E-state index in [1.54, 1.807) is 0 Å². The van der Waals surface area contributed by atoms with E-state index < -0.39 is 5.60 Å². The zero-order valence-corrected chi connectivity index (χ0v) is 20.0. The van der Waals surface area contributed by atoms with Crippen LogP contribution in [-0.4, -0.2) is 42.3 Å². The van der Waals surface area contributed by atoms with Crippen LogP contribution in [0.15, 0.2) is 47.1 Å². The Balaban J connectivity index is 1.66. The minimum absolute atomic E-state index is 0.208. The molecule has 0 unspecified atom stereocenters. The first-order chi connectivity index (χ1) is 15.8. The maximum absolute atomic E-state index is 12.2. The number of aliphatic hydroxyl groups excluding tert-OH is 1. The van der Waals surface area contributed by atoms with E-state index in [-0.39, 0.29) is 23.7 Å². The number of nitrogens with zero attached hydrogens (tertiary/aromatic N) is 1. The number of anilines is 1. The highest BCUT2D eigenvalue weighted by Crippen LogP contribution is 2.66. The topological polar surface area (TPSA) is 60.8 Å². The van der Waals surface area contributed by atoms with E-state index in [0.29, 0.717) is 24.7 Å². The summed E-state index contributed by atoms with van der Waals surface area (Å²) < 4.78 is 0. The van der Waals surface area contributed by atoms with Gasteiger partial charge in [-0.05, 0) is 85.3 Å². The summed E-state index contributed by atoms with van der Waals surface area (Å²) >= 11 is 0. The number of hydrogen-bond acceptors (Lipinski definition) is 4. The molecule has 2 saturated carbocycles. The van der Waals surface area contributed by atoms with Gasteiger partial charge < -0.3 is 15.1 Å². The summed E-state index contributed by atoms with van der Waals surface area (Å²) in [5.41, 5.74) is 5.26. The molecule has 2 fully saturated rings. The normalized spacial score (nSPS) is 35.1. The summed E-state index contributed by atoms with van der Waals surface area (Å²) in [6.45, 7) is 2.01. The molecule has 0 amide bonds. The smallest absolute Gasteiger partial charge is 0.156 e. The van der Waals surface area contributed by atoms with Gasteiger partial charge in [-0.2, -0.15) is 0 Å². The number of fused-ring (bicyclic) bond motifs is 4. The molecule has 0 aromatic heterocycles. The fraction of sp³-hybridized carbons (Fsp3) is 0.552. The monoisotopic (exact) mass is 445 g/mol. The first kappa shape index (κ1) is 22.4. The zero-order valence-electron chi connectivity index (χ0n) is 20.0. The van der Waals surface area contributed by atoms with Gasteiger partial charge in [-0.25, -0.2) is 0 Å². The second kappa shape index (κ2) is 8.15. The molecule has 0 aliphatic heterocycles. The van der Waals surface area contributed by atoms with Crippen molar-refractivity contribution in [3.05, 3.63) is 52.6 Å². The lowest BCUT2D eigenvalue weighted by Gasteiger charge is -2.53. The molecule has 33 heavy (non-hydrogen) atoms. The van der Waals surface area contributed by atoms with Gasteiger partial charge in [0.25, 0.3) is 0 Å². The minimum atomic E-state index is -1.07. The maximum Gasteiger partial charge on any atom is 0.156 e. The van der Waals surface area contributed by atoms with Crippen molar-refractivity contribution in [3.8, 4) is 11.8 Å². The molecule has 2 N–H and O–H groups in total. The highest BCUT2D eigenvalue weighted by atomic mass is 16.3. The van der Waals surface area contributed by atoms with Crippen LogP contribution in [0.3, 0.4) is 0 Å². The molecule has 0 bridgehead atoms. The van der Waals surface area contributed by atoms with Crippen molar-refractivity contribution in [1.82, 2.24) is 0 Å². The molecule has 0 saturated heterocycles. The van der Waals surface area contributed by atoms with Gasteiger partial charge >= 0.3 is 0 Å². The molecular weight excluding hydrogens is 410 g/mol. The van der Waals surface area contributed by atoms with Crippen molar-refractivity contribution < 1.29 is 15.0 Å². The van der Waals surface area contributed by atoms with Crippen LogP contribution in [0.2, 0.25) is 0 Å². The van der Waals surface area contributed by atoms with Crippen molar-refractivity contribution in [1.29, 1.82) is 0 Å². The molecule has 4 nitrogen and oxygen atoms in total. The van der Waals surface area contributed by atoms with Crippen molar-refractivity contribution in [2.24, 2.45) is 17.3 Å². The van der Waals surface area contributed by atoms with Crippen LogP contribution in [0.5, 0.6) is 0 Å². The highest BCUT2D eigenvalue weighted by Gasteiger charge is 2.62. The SMILES string of the molecule is CN(C)c1ccc([C@H]2C[C@@]3(C)[C@H](CC[C@@]3(O)C#CCO)[C@@H]3CCC4=CC(=O)CCC4=C32)cc1. The number of hydrogen-bond donors (Lipinski definition) is 2. The average Bonchev–Trinajstić information content (AvgIpc) is 3.07. The Hall–Kier alpha value is -2.35. The van der Waals surface area contributed by atoms with Gasteiger partial charge in [0.05, 0.1) is 0 Å². The summed E-state index contributed by atoms with van der Waals surface area (Å²) in [5.74, 6) is 7.10. The Kier molecular flexibility index (Phi) is 5.54. The van der Waals surface area contributed by atoms with E-state index in [1.165, 1.54) is 28.0 Å². The zero-order chi connectivity index (χ0) is 23.4. The largest absolute Gasteiger partial charge is 0.384 e. The third-order valence-electron chi connectivity index (χ3n) is 9.07. The van der Waals surface area contributed by atoms with E-state index in [1.807, 2.05) is 6.08 Å². The first-order valence-corrected chi connectivity index (χ1v) is 12.3. The Morgan fingerprint density at radius 2 is 1.88 bits per heavy atom. The van der Waals surface area contributed by atoms with Crippen LogP contribution < -0.4 is 4.90 Å². The third kappa shape index (κ3) is 3.49. The molecular formula is C29H35NO3. The van der Waals surface area contributed by atoms with Crippen LogP contribution in [0, 0.1) is 29.1 Å². The van der Waals surface area contributed by atoms with Gasteiger partial charge in [0.2, 0.25) is 0 Å². The van der Waals surface area contributed by atoms with Gasteiger partial charge in [-0.15, -0.1) is 0 Å². The second-order valence-corrected chi connectivity index (χ2v) is 10.8. The number of carbonyl (C=O) groups is 1. The van der Waals surface area contributed by atoms with Gasteiger partial charge in [-0.1, -0.05) is 36.5 Å². The predicted molar refractivity (Wildman–Crippen MR) is 131 cm³/mol. The Morgan fingerprint density at radius 1 is 1.12 bits per heavy atom. The summed E-state index contributed by atoms with van der Waals surface area (Å²) in [4.78, 5) is 14.3. The number of benzene rings is 1. The molecule has 1 aromatic rings. The van der Waals surface area contributed by atoms with Crippen LogP contribution in [0.1, 0.15) is 63.4 Å². The molecule has 4 aliphatic carbocycles. The van der Waals surface area contributed by atoms with Crippen LogP contribution in [-0.2, 0) is 4.79 Å². The summed E-state index contributed by atoms with van der Waals surface area (Å²) in [6.07, 6.45) is 7.80. The van der Waals surface area contributed by atoms with Gasteiger partial charge in [0, 0.05) is 37.5 Å². The standard InChI is InChI=1S/C29H35NO3/c1-28-18-25(19-5-8-21(9-6-19)30(2)3)27-23-12-10-22(32)17-20(23)7-11-24(27)26(28)13-15-29(28,33)14-4-16-31/h5-6,8-9,17,24-26,31,33H,7,10-13,15-16,18H2,1-3H3/t24-,25+,26+,28-,29-/m0/s1. The summed E-state index contributed by atoms with van der Waals surface area (Å²) in [5, 5.41) is 21.1. The maximum atomic E-state index is 12.2. The fourth-order valence-corrected chi connectivity index (χ4v) is 7.36. The van der Waals surface area contributed by atoms with Crippen molar-refractivity contribution in [3.63, 3.8) is 0 Å². The van der Waals surface area contributed by atoms with Gasteiger partial charge in [0.1, 0.15) is 12.2 Å². The van der Waals surface area contributed by atoms with E-state index in [9.17, 15) is 15.0 Å². The van der Waals surface area contributed by atoms with E-state index in [0.717, 1.165) is 32.1 Å². The number of ketones is 1. The molecule has 4 aliphatic rings. The Bertz CT molecular complexity index is 1090. The summed E-state index contributed by atoms with van der Waals surface area (Å²) in [7, 11) is 4.11. The molecule has 4 heteroatoms. The molecule has 0 radical (unpaired) electrons. The minimum Gasteiger partial charge on any atom is -0.384 e. The van der Waals surface area contributed by atoms with Crippen LogP contribution in [0.25, 0.3) is 0 Å². The van der Waals surface area contributed by atoms with Crippen molar-refractivity contribution >= 4 is 11.5 Å². The second-order valence-electron chi connectivity index (χ2n) is 10.8. The quantitative estimate of drug-likeness (QED) is 0.664. The van der Waals surface area contributed by atoms with Gasteiger partial charge in [-0.3, -0.25) is 4.79 Å². The number of rotatable bonds is 2. The molecule has 0 spiro atoms. The van der Waals surface area contributed by atoms with Crippen molar-refractivity contribution in [2.75, 3.05) is 25.6 Å². The lowest BCUT2D eigenvalue weighted by atomic mass is 9.51. The molecule has 0 heterocycles. The molecule has 174 valence electrons. The molecule has 5 atom stereocenters. The van der Waals surface area contributed by atoms with Crippen molar-refractivity contribution in [2.45, 2.75) is 63.4 Å².